The molecule has 0 atom stereocenters. The van der Waals surface area contributed by atoms with E-state index in [1.54, 1.807) is 0 Å². The standard InChI is InChI=1S/C15H20Cl2N2/c1-4-15(2,3)10-19-13-6-5-11(17)9-12(13)18-14(19)7-8-16/h5-6,9H,4,7-8,10H2,1-3H3. The number of hydrogen-bond donors (Lipinski definition) is 0. The van der Waals surface area contributed by atoms with E-state index in [1.807, 2.05) is 18.2 Å². The minimum Gasteiger partial charge on any atom is -0.327 e. The summed E-state index contributed by atoms with van der Waals surface area (Å²) in [7, 11) is 0. The molecule has 104 valence electrons. The molecule has 2 nitrogen and oxygen atoms in total. The molecule has 0 unspecified atom stereocenters. The number of fused-ring (bicyclic) bond motifs is 1. The second kappa shape index (κ2) is 5.72. The van der Waals surface area contributed by atoms with Gasteiger partial charge in [-0.05, 0) is 30.0 Å². The van der Waals surface area contributed by atoms with Crippen LogP contribution in [0.25, 0.3) is 11.0 Å². The Morgan fingerprint density at radius 3 is 2.68 bits per heavy atom. The zero-order chi connectivity index (χ0) is 14.0. The lowest BCUT2D eigenvalue weighted by Gasteiger charge is -2.24. The molecule has 4 heteroatoms. The summed E-state index contributed by atoms with van der Waals surface area (Å²) in [5, 5.41) is 0.726. The highest BCUT2D eigenvalue weighted by Crippen LogP contribution is 2.28. The summed E-state index contributed by atoms with van der Waals surface area (Å²) >= 11 is 11.9. The van der Waals surface area contributed by atoms with Gasteiger partial charge >= 0.3 is 0 Å². The van der Waals surface area contributed by atoms with E-state index in [2.05, 4.69) is 30.3 Å². The SMILES string of the molecule is CCC(C)(C)Cn1c(CCCl)nc2cc(Cl)ccc21. The van der Waals surface area contributed by atoms with Gasteiger partial charge in [0.25, 0.3) is 0 Å². The van der Waals surface area contributed by atoms with E-state index in [9.17, 15) is 0 Å². The molecule has 1 heterocycles. The van der Waals surface area contributed by atoms with E-state index in [-0.39, 0.29) is 5.41 Å². The van der Waals surface area contributed by atoms with Gasteiger partial charge in [-0.1, -0.05) is 32.4 Å². The number of alkyl halides is 1. The summed E-state index contributed by atoms with van der Waals surface area (Å²) in [4.78, 5) is 4.68. The predicted molar refractivity (Wildman–Crippen MR) is 83.2 cm³/mol. The van der Waals surface area contributed by atoms with Crippen molar-refractivity contribution in [2.75, 3.05) is 5.88 Å². The number of imidazole rings is 1. The molecule has 0 bridgehead atoms. The molecule has 0 aliphatic rings. The summed E-state index contributed by atoms with van der Waals surface area (Å²) < 4.78 is 2.29. The Labute approximate surface area is 124 Å². The maximum absolute atomic E-state index is 6.04. The zero-order valence-corrected chi connectivity index (χ0v) is 13.2. The molecule has 19 heavy (non-hydrogen) atoms. The van der Waals surface area contributed by atoms with Crippen molar-refractivity contribution in [2.24, 2.45) is 5.41 Å². The lowest BCUT2D eigenvalue weighted by molar-refractivity contribution is 0.294. The molecule has 2 aromatic rings. The van der Waals surface area contributed by atoms with E-state index in [1.165, 1.54) is 0 Å². The Morgan fingerprint density at radius 2 is 2.05 bits per heavy atom. The molecule has 0 saturated carbocycles. The van der Waals surface area contributed by atoms with Crippen molar-refractivity contribution in [3.05, 3.63) is 29.0 Å². The fourth-order valence-corrected chi connectivity index (χ4v) is 2.48. The first-order chi connectivity index (χ1) is 8.96. The smallest absolute Gasteiger partial charge is 0.111 e. The normalized spacial score (nSPS) is 12.3. The van der Waals surface area contributed by atoms with Gasteiger partial charge in [-0.15, -0.1) is 11.6 Å². The summed E-state index contributed by atoms with van der Waals surface area (Å²) in [5.74, 6) is 1.64. The Morgan fingerprint density at radius 1 is 1.32 bits per heavy atom. The quantitative estimate of drug-likeness (QED) is 0.717. The van der Waals surface area contributed by atoms with Gasteiger partial charge < -0.3 is 4.57 Å². The minimum atomic E-state index is 0.244. The van der Waals surface area contributed by atoms with Crippen LogP contribution in [0.2, 0.25) is 5.02 Å². The van der Waals surface area contributed by atoms with E-state index in [4.69, 9.17) is 23.2 Å². The van der Waals surface area contributed by atoms with Crippen molar-refractivity contribution in [3.8, 4) is 0 Å². The fourth-order valence-electron chi connectivity index (χ4n) is 2.14. The summed E-state index contributed by atoms with van der Waals surface area (Å²) in [6.07, 6.45) is 1.91. The lowest BCUT2D eigenvalue weighted by Crippen LogP contribution is -2.20. The van der Waals surface area contributed by atoms with Gasteiger partial charge in [0.2, 0.25) is 0 Å². The Kier molecular flexibility index (Phi) is 4.42. The number of rotatable bonds is 5. The van der Waals surface area contributed by atoms with Crippen molar-refractivity contribution < 1.29 is 0 Å². The third-order valence-electron chi connectivity index (χ3n) is 3.65. The van der Waals surface area contributed by atoms with Crippen molar-refractivity contribution in [1.29, 1.82) is 0 Å². The van der Waals surface area contributed by atoms with Gasteiger partial charge in [-0.3, -0.25) is 0 Å². The first-order valence-corrected chi connectivity index (χ1v) is 7.59. The Bertz CT molecular complexity index is 573. The molecule has 0 saturated heterocycles. The van der Waals surface area contributed by atoms with Crippen molar-refractivity contribution in [1.82, 2.24) is 9.55 Å². The number of hydrogen-bond acceptors (Lipinski definition) is 1. The second-order valence-corrected chi connectivity index (χ2v) is 6.52. The number of aromatic nitrogens is 2. The van der Waals surface area contributed by atoms with Crippen LogP contribution in [0.4, 0.5) is 0 Å². The molecule has 0 aliphatic heterocycles. The molecular formula is C15H20Cl2N2. The van der Waals surface area contributed by atoms with Gasteiger partial charge in [-0.2, -0.15) is 0 Å². The minimum absolute atomic E-state index is 0.244. The van der Waals surface area contributed by atoms with Crippen molar-refractivity contribution >= 4 is 34.2 Å². The van der Waals surface area contributed by atoms with Crippen LogP contribution in [-0.4, -0.2) is 15.4 Å². The highest BCUT2D eigenvalue weighted by molar-refractivity contribution is 6.31. The van der Waals surface area contributed by atoms with Gasteiger partial charge in [0, 0.05) is 23.9 Å². The van der Waals surface area contributed by atoms with Crippen LogP contribution in [-0.2, 0) is 13.0 Å². The van der Waals surface area contributed by atoms with Crippen LogP contribution in [0, 0.1) is 5.41 Å². The maximum atomic E-state index is 6.04. The predicted octanol–water partition coefficient (Wildman–Crippen LogP) is 4.91. The largest absolute Gasteiger partial charge is 0.327 e. The summed E-state index contributed by atoms with van der Waals surface area (Å²) in [6, 6.07) is 5.89. The van der Waals surface area contributed by atoms with Crippen LogP contribution < -0.4 is 0 Å². The molecular weight excluding hydrogens is 279 g/mol. The zero-order valence-electron chi connectivity index (χ0n) is 11.7. The van der Waals surface area contributed by atoms with E-state index >= 15 is 0 Å². The number of halogens is 2. The molecule has 0 fully saturated rings. The Hall–Kier alpha value is -0.730. The van der Waals surface area contributed by atoms with Crippen molar-refractivity contribution in [3.63, 3.8) is 0 Å². The average molecular weight is 299 g/mol. The first kappa shape index (κ1) is 14.7. The molecule has 0 N–H and O–H groups in total. The van der Waals surface area contributed by atoms with E-state index in [0.29, 0.717) is 5.88 Å². The van der Waals surface area contributed by atoms with Gasteiger partial charge in [0.1, 0.15) is 5.82 Å². The van der Waals surface area contributed by atoms with Gasteiger partial charge in [0.15, 0.2) is 0 Å². The Balaban J connectivity index is 2.52. The number of benzene rings is 1. The average Bonchev–Trinajstić information content (AvgIpc) is 2.67. The second-order valence-electron chi connectivity index (χ2n) is 5.70. The van der Waals surface area contributed by atoms with Crippen LogP contribution in [0.5, 0.6) is 0 Å². The summed E-state index contributed by atoms with van der Waals surface area (Å²) in [6.45, 7) is 7.73. The van der Waals surface area contributed by atoms with Crippen LogP contribution in [0.3, 0.4) is 0 Å². The van der Waals surface area contributed by atoms with Crippen LogP contribution in [0.15, 0.2) is 18.2 Å². The van der Waals surface area contributed by atoms with E-state index in [0.717, 1.165) is 41.3 Å². The van der Waals surface area contributed by atoms with E-state index < -0.39 is 0 Å². The monoisotopic (exact) mass is 298 g/mol. The third kappa shape index (κ3) is 3.24. The highest BCUT2D eigenvalue weighted by Gasteiger charge is 2.20. The molecule has 0 radical (unpaired) electrons. The molecule has 1 aromatic carbocycles. The molecule has 2 rings (SSSR count). The first-order valence-electron chi connectivity index (χ1n) is 6.67. The maximum Gasteiger partial charge on any atom is 0.111 e. The molecule has 0 spiro atoms. The van der Waals surface area contributed by atoms with Crippen LogP contribution in [0.1, 0.15) is 33.0 Å². The number of nitrogens with zero attached hydrogens (tertiary/aromatic N) is 2. The summed E-state index contributed by atoms with van der Waals surface area (Å²) in [5.41, 5.74) is 2.35. The highest BCUT2D eigenvalue weighted by atomic mass is 35.5. The molecule has 0 amide bonds. The molecule has 0 aliphatic carbocycles. The van der Waals surface area contributed by atoms with Crippen molar-refractivity contribution in [2.45, 2.75) is 40.2 Å². The van der Waals surface area contributed by atoms with Gasteiger partial charge in [0.05, 0.1) is 11.0 Å². The lowest BCUT2D eigenvalue weighted by atomic mass is 9.90. The topological polar surface area (TPSA) is 17.8 Å². The fraction of sp³-hybridized carbons (Fsp3) is 0.533. The van der Waals surface area contributed by atoms with Gasteiger partial charge in [-0.25, -0.2) is 4.98 Å². The van der Waals surface area contributed by atoms with Crippen LogP contribution >= 0.6 is 23.2 Å². The third-order valence-corrected chi connectivity index (χ3v) is 4.07. The number of aryl methyl sites for hydroxylation is 1. The molecule has 1 aromatic heterocycles.